The minimum absolute atomic E-state index is 0.350. The third-order valence-electron chi connectivity index (χ3n) is 2.28. The summed E-state index contributed by atoms with van der Waals surface area (Å²) < 4.78 is 0. The van der Waals surface area contributed by atoms with Crippen molar-refractivity contribution in [1.82, 2.24) is 0 Å². The Kier molecular flexibility index (Phi) is 5.35. The summed E-state index contributed by atoms with van der Waals surface area (Å²) in [6, 6.07) is 0. The number of rotatable bonds is 4. The molecule has 10 heavy (non-hydrogen) atoms. The van der Waals surface area contributed by atoms with Gasteiger partial charge in [0.1, 0.15) is 0 Å². The van der Waals surface area contributed by atoms with E-state index in [0.717, 1.165) is 11.8 Å². The Balaban J connectivity index is 3.46. The molecule has 2 unspecified atom stereocenters. The molecule has 2 atom stereocenters. The summed E-state index contributed by atoms with van der Waals surface area (Å²) in [4.78, 5) is 0. The maximum absolute atomic E-state index is 2.41. The smallest absolute Gasteiger partial charge is 0.0300 e. The summed E-state index contributed by atoms with van der Waals surface area (Å²) in [6.45, 7) is 11.7. The molecule has 0 aliphatic carbocycles. The molecule has 0 aliphatic heterocycles. The van der Waals surface area contributed by atoms with E-state index < -0.39 is 0 Å². The van der Waals surface area contributed by atoms with Gasteiger partial charge < -0.3 is 0 Å². The molecular weight excluding hydrogens is 139 g/mol. The molecule has 1 heteroatoms. The van der Waals surface area contributed by atoms with E-state index in [9.17, 15) is 0 Å². The first-order valence-corrected chi connectivity index (χ1v) is 6.42. The molecule has 0 N–H and O–H groups in total. The molecule has 62 valence electrons. The standard InChI is InChI=1S/C9H21P/c1-6-10(5)7-9(4)8(2)3/h8-9H,6-7H2,1-5H3. The molecule has 0 radical (unpaired) electrons. The molecule has 0 nitrogen and oxygen atoms in total. The Morgan fingerprint density at radius 3 is 2.00 bits per heavy atom. The van der Waals surface area contributed by atoms with E-state index >= 15 is 0 Å². The molecule has 0 saturated carbocycles. The van der Waals surface area contributed by atoms with Gasteiger partial charge in [-0.3, -0.25) is 0 Å². The zero-order valence-electron chi connectivity index (χ0n) is 8.02. The molecule has 0 fully saturated rings. The van der Waals surface area contributed by atoms with Crippen molar-refractivity contribution in [3.05, 3.63) is 0 Å². The highest BCUT2D eigenvalue weighted by molar-refractivity contribution is 7.56. The summed E-state index contributed by atoms with van der Waals surface area (Å²) in [5, 5.41) is 0. The topological polar surface area (TPSA) is 0 Å². The number of hydrogen-bond donors (Lipinski definition) is 0. The second kappa shape index (κ2) is 5.13. The highest BCUT2D eigenvalue weighted by Crippen LogP contribution is 2.34. The van der Waals surface area contributed by atoms with Crippen LogP contribution >= 0.6 is 7.92 Å². The van der Waals surface area contributed by atoms with Crippen molar-refractivity contribution in [3.8, 4) is 0 Å². The zero-order chi connectivity index (χ0) is 8.15. The molecule has 0 aromatic heterocycles. The van der Waals surface area contributed by atoms with E-state index in [-0.39, 0.29) is 0 Å². The van der Waals surface area contributed by atoms with Gasteiger partial charge in [-0.25, -0.2) is 0 Å². The van der Waals surface area contributed by atoms with Gasteiger partial charge in [-0.05, 0) is 30.8 Å². The average Bonchev–Trinajstić information content (AvgIpc) is 1.87. The molecular formula is C9H21P. The maximum atomic E-state index is 2.41. The molecule has 0 aromatic rings. The summed E-state index contributed by atoms with van der Waals surface area (Å²) in [5.41, 5.74) is 0. The molecule has 0 aromatic carbocycles. The molecule has 0 amide bonds. The van der Waals surface area contributed by atoms with Crippen LogP contribution in [0.5, 0.6) is 0 Å². The van der Waals surface area contributed by atoms with Crippen LogP contribution in [0.1, 0.15) is 27.7 Å². The Bertz CT molecular complexity index is 78.8. The molecule has 0 saturated heterocycles. The van der Waals surface area contributed by atoms with E-state index in [0.29, 0.717) is 7.92 Å². The minimum Gasteiger partial charge on any atom is -0.110 e. The van der Waals surface area contributed by atoms with Crippen molar-refractivity contribution in [2.24, 2.45) is 11.8 Å². The van der Waals surface area contributed by atoms with E-state index in [1.807, 2.05) is 0 Å². The largest absolute Gasteiger partial charge is 0.110 e. The quantitative estimate of drug-likeness (QED) is 0.553. The van der Waals surface area contributed by atoms with Gasteiger partial charge in [0.05, 0.1) is 0 Å². The Morgan fingerprint density at radius 2 is 1.70 bits per heavy atom. The monoisotopic (exact) mass is 160 g/mol. The fraction of sp³-hybridized carbons (Fsp3) is 1.00. The van der Waals surface area contributed by atoms with E-state index in [1.165, 1.54) is 12.3 Å². The van der Waals surface area contributed by atoms with Gasteiger partial charge in [-0.2, -0.15) is 0 Å². The van der Waals surface area contributed by atoms with Gasteiger partial charge in [-0.1, -0.05) is 27.7 Å². The van der Waals surface area contributed by atoms with Gasteiger partial charge in [-0.15, -0.1) is 7.92 Å². The van der Waals surface area contributed by atoms with Gasteiger partial charge in [0.25, 0.3) is 0 Å². The first-order valence-electron chi connectivity index (χ1n) is 4.26. The van der Waals surface area contributed by atoms with Crippen molar-refractivity contribution in [2.45, 2.75) is 27.7 Å². The van der Waals surface area contributed by atoms with Crippen LogP contribution in [0, 0.1) is 11.8 Å². The van der Waals surface area contributed by atoms with E-state index in [1.54, 1.807) is 0 Å². The molecule has 0 aliphatic rings. The first kappa shape index (κ1) is 10.4. The Hall–Kier alpha value is 0.430. The second-order valence-corrected chi connectivity index (χ2v) is 6.29. The van der Waals surface area contributed by atoms with Gasteiger partial charge in [0.2, 0.25) is 0 Å². The van der Waals surface area contributed by atoms with Crippen LogP contribution in [0.15, 0.2) is 0 Å². The second-order valence-electron chi connectivity index (χ2n) is 3.58. The fourth-order valence-electron chi connectivity index (χ4n) is 0.832. The third-order valence-corrected chi connectivity index (χ3v) is 4.56. The number of hydrogen-bond acceptors (Lipinski definition) is 0. The van der Waals surface area contributed by atoms with Crippen LogP contribution in [0.25, 0.3) is 0 Å². The normalized spacial score (nSPS) is 17.4. The van der Waals surface area contributed by atoms with Crippen LogP contribution in [0.3, 0.4) is 0 Å². The van der Waals surface area contributed by atoms with Crippen LogP contribution in [-0.4, -0.2) is 19.0 Å². The summed E-state index contributed by atoms with van der Waals surface area (Å²) >= 11 is 0. The lowest BCUT2D eigenvalue weighted by Crippen LogP contribution is -2.08. The minimum atomic E-state index is 0.350. The summed E-state index contributed by atoms with van der Waals surface area (Å²) in [7, 11) is 0.350. The lowest BCUT2D eigenvalue weighted by molar-refractivity contribution is 0.462. The molecule has 0 bridgehead atoms. The highest BCUT2D eigenvalue weighted by Gasteiger charge is 2.09. The zero-order valence-corrected chi connectivity index (χ0v) is 8.91. The lowest BCUT2D eigenvalue weighted by atomic mass is 10.0. The predicted octanol–water partition coefficient (Wildman–Crippen LogP) is 3.41. The van der Waals surface area contributed by atoms with Crippen molar-refractivity contribution in [1.29, 1.82) is 0 Å². The summed E-state index contributed by atoms with van der Waals surface area (Å²) in [5.74, 6) is 1.80. The van der Waals surface area contributed by atoms with Crippen LogP contribution in [0.2, 0.25) is 0 Å². The highest BCUT2D eigenvalue weighted by atomic mass is 31.1. The fourth-order valence-corrected chi connectivity index (χ4v) is 2.49. The van der Waals surface area contributed by atoms with Gasteiger partial charge in [0.15, 0.2) is 0 Å². The van der Waals surface area contributed by atoms with Gasteiger partial charge in [0, 0.05) is 0 Å². The van der Waals surface area contributed by atoms with Crippen LogP contribution in [-0.2, 0) is 0 Å². The van der Waals surface area contributed by atoms with Crippen LogP contribution < -0.4 is 0 Å². The average molecular weight is 160 g/mol. The molecule has 0 heterocycles. The Morgan fingerprint density at radius 1 is 1.20 bits per heavy atom. The lowest BCUT2D eigenvalue weighted by Gasteiger charge is -2.19. The van der Waals surface area contributed by atoms with Crippen molar-refractivity contribution < 1.29 is 0 Å². The Labute approximate surface area is 67.2 Å². The predicted molar refractivity (Wildman–Crippen MR) is 52.3 cm³/mol. The first-order chi connectivity index (χ1) is 4.57. The van der Waals surface area contributed by atoms with Gasteiger partial charge >= 0.3 is 0 Å². The third kappa shape index (κ3) is 4.28. The van der Waals surface area contributed by atoms with Crippen molar-refractivity contribution in [3.63, 3.8) is 0 Å². The van der Waals surface area contributed by atoms with Crippen molar-refractivity contribution >= 4 is 7.92 Å². The van der Waals surface area contributed by atoms with Crippen LogP contribution in [0.4, 0.5) is 0 Å². The van der Waals surface area contributed by atoms with E-state index in [2.05, 4.69) is 34.4 Å². The maximum Gasteiger partial charge on any atom is -0.0300 e. The molecule has 0 spiro atoms. The molecule has 0 rings (SSSR count). The van der Waals surface area contributed by atoms with Crippen molar-refractivity contribution in [2.75, 3.05) is 19.0 Å². The SMILES string of the molecule is CCP(C)CC(C)C(C)C. The van der Waals surface area contributed by atoms with E-state index in [4.69, 9.17) is 0 Å². The summed E-state index contributed by atoms with van der Waals surface area (Å²) in [6.07, 6.45) is 2.86.